The fourth-order valence-electron chi connectivity index (χ4n) is 7.69. The van der Waals surface area contributed by atoms with Crippen molar-refractivity contribution in [3.05, 3.63) is 52.4 Å². The van der Waals surface area contributed by atoms with Crippen LogP contribution in [0.15, 0.2) is 45.6 Å². The van der Waals surface area contributed by atoms with Crippen molar-refractivity contribution in [3.8, 4) is 17.1 Å². The molecule has 7 nitrogen and oxygen atoms in total. The molecule has 198 valence electrons. The summed E-state index contributed by atoms with van der Waals surface area (Å²) in [5.41, 5.74) is -0.183. The van der Waals surface area contributed by atoms with E-state index in [0.29, 0.717) is 29.9 Å². The molecule has 0 bridgehead atoms. The molecule has 1 aromatic carbocycles. The summed E-state index contributed by atoms with van der Waals surface area (Å²) in [5.74, 6) is 0.583. The van der Waals surface area contributed by atoms with Gasteiger partial charge in [0.05, 0.1) is 5.56 Å². The molecule has 2 aromatic rings. The quantitative estimate of drug-likeness (QED) is 0.516. The maximum atomic E-state index is 13.2. The van der Waals surface area contributed by atoms with Crippen molar-refractivity contribution in [2.75, 3.05) is 6.61 Å². The van der Waals surface area contributed by atoms with Crippen molar-refractivity contribution in [2.24, 2.45) is 22.7 Å². The first kappa shape index (κ1) is 25.6. The number of carbonyl (C=O) groups is 2. The van der Waals surface area contributed by atoms with Crippen molar-refractivity contribution < 1.29 is 28.2 Å². The first-order chi connectivity index (χ1) is 17.5. The maximum Gasteiger partial charge on any atom is 0.343 e. The number of ether oxygens (including phenoxy) is 3. The van der Waals surface area contributed by atoms with Gasteiger partial charge in [0.1, 0.15) is 29.8 Å². The lowest BCUT2D eigenvalue weighted by molar-refractivity contribution is -0.219. The number of esters is 2. The Labute approximate surface area is 217 Å². The third kappa shape index (κ3) is 4.26. The minimum absolute atomic E-state index is 0.0478. The summed E-state index contributed by atoms with van der Waals surface area (Å²) < 4.78 is 23.8. The summed E-state index contributed by atoms with van der Waals surface area (Å²) in [6.07, 6.45) is 3.30. The molecule has 2 aliphatic carbocycles. The monoisotopic (exact) mass is 508 g/mol. The Morgan fingerprint density at radius 3 is 2.41 bits per heavy atom. The van der Waals surface area contributed by atoms with Gasteiger partial charge in [-0.1, -0.05) is 44.2 Å². The van der Waals surface area contributed by atoms with Gasteiger partial charge in [0.25, 0.3) is 0 Å². The van der Waals surface area contributed by atoms with Gasteiger partial charge in [-0.3, -0.25) is 9.59 Å². The first-order valence-corrected chi connectivity index (χ1v) is 13.2. The lowest BCUT2D eigenvalue weighted by Gasteiger charge is -2.64. The van der Waals surface area contributed by atoms with E-state index in [9.17, 15) is 14.4 Å². The van der Waals surface area contributed by atoms with Crippen LogP contribution < -0.4 is 10.4 Å². The van der Waals surface area contributed by atoms with E-state index >= 15 is 0 Å². The second kappa shape index (κ2) is 9.03. The number of rotatable bonds is 4. The van der Waals surface area contributed by atoms with Gasteiger partial charge in [-0.15, -0.1) is 0 Å². The van der Waals surface area contributed by atoms with Crippen LogP contribution in [0, 0.1) is 22.7 Å². The zero-order valence-corrected chi connectivity index (χ0v) is 22.3. The van der Waals surface area contributed by atoms with Gasteiger partial charge in [0, 0.05) is 36.8 Å². The van der Waals surface area contributed by atoms with Gasteiger partial charge in [-0.05, 0) is 50.4 Å². The van der Waals surface area contributed by atoms with E-state index in [-0.39, 0.29) is 47.5 Å². The van der Waals surface area contributed by atoms with Gasteiger partial charge in [-0.25, -0.2) is 4.79 Å². The van der Waals surface area contributed by atoms with Crippen LogP contribution in [0.25, 0.3) is 11.3 Å². The Morgan fingerprint density at radius 2 is 1.73 bits per heavy atom. The van der Waals surface area contributed by atoms with Crippen molar-refractivity contribution in [1.82, 2.24) is 0 Å². The summed E-state index contributed by atoms with van der Waals surface area (Å²) in [4.78, 5) is 37.0. The van der Waals surface area contributed by atoms with Gasteiger partial charge in [-0.2, -0.15) is 0 Å². The Hall–Kier alpha value is -3.09. The van der Waals surface area contributed by atoms with E-state index in [1.807, 2.05) is 36.4 Å². The minimum atomic E-state index is -0.548. The first-order valence-electron chi connectivity index (χ1n) is 13.2. The lowest BCUT2D eigenvalue weighted by Crippen LogP contribution is -2.65. The summed E-state index contributed by atoms with van der Waals surface area (Å²) in [6.45, 7) is 9.51. The van der Waals surface area contributed by atoms with Gasteiger partial charge in [0.15, 0.2) is 0 Å². The molecule has 37 heavy (non-hydrogen) atoms. The molecule has 2 heterocycles. The van der Waals surface area contributed by atoms with Crippen molar-refractivity contribution in [2.45, 2.75) is 78.4 Å². The number of carbonyl (C=O) groups excluding carboxylic acids is 2. The number of fused-ring (bicyclic) bond motifs is 4. The summed E-state index contributed by atoms with van der Waals surface area (Å²) in [6, 6.07) is 11.4. The van der Waals surface area contributed by atoms with Crippen LogP contribution in [0.3, 0.4) is 0 Å². The topological polar surface area (TPSA) is 92.0 Å². The van der Waals surface area contributed by atoms with Crippen LogP contribution in [-0.2, 0) is 25.5 Å². The Kier molecular flexibility index (Phi) is 6.24. The third-order valence-corrected chi connectivity index (χ3v) is 9.45. The summed E-state index contributed by atoms with van der Waals surface area (Å²) >= 11 is 0. The largest absolute Gasteiger partial charge is 0.487 e. The fourth-order valence-corrected chi connectivity index (χ4v) is 7.69. The number of benzene rings is 1. The van der Waals surface area contributed by atoms with Crippen molar-refractivity contribution >= 4 is 11.9 Å². The average molecular weight is 509 g/mol. The molecule has 2 saturated carbocycles. The smallest absolute Gasteiger partial charge is 0.343 e. The zero-order valence-electron chi connectivity index (χ0n) is 22.3. The van der Waals surface area contributed by atoms with Gasteiger partial charge < -0.3 is 18.6 Å². The summed E-state index contributed by atoms with van der Waals surface area (Å²) in [7, 11) is 0. The molecule has 1 aliphatic heterocycles. The van der Waals surface area contributed by atoms with Crippen LogP contribution >= 0.6 is 0 Å². The van der Waals surface area contributed by atoms with Crippen LogP contribution in [0.1, 0.15) is 65.9 Å². The normalized spacial score (nSPS) is 34.2. The highest BCUT2D eigenvalue weighted by atomic mass is 16.6. The predicted octanol–water partition coefficient (Wildman–Crippen LogP) is 5.33. The third-order valence-electron chi connectivity index (χ3n) is 9.45. The standard InChI is InChI=1S/C30H36O7/c1-18(31)34-17-29(4)24-11-14-30(5)25(28(24,3)13-12-26(29)35-19(2)32)15-21-23(37-30)16-22(36-27(21)33)20-9-7-6-8-10-20/h6-10,16,24-26H,11-15,17H2,1-5H3/t24?,25?,26?,28-,29?,30+/m0/s1. The van der Waals surface area contributed by atoms with Gasteiger partial charge >= 0.3 is 17.6 Å². The van der Waals surface area contributed by atoms with E-state index in [4.69, 9.17) is 18.6 Å². The van der Waals surface area contributed by atoms with E-state index < -0.39 is 11.0 Å². The Balaban J connectivity index is 1.53. The number of hydrogen-bond acceptors (Lipinski definition) is 7. The second-order valence-electron chi connectivity index (χ2n) is 11.8. The average Bonchev–Trinajstić information content (AvgIpc) is 2.84. The molecule has 2 fully saturated rings. The van der Waals surface area contributed by atoms with E-state index in [1.165, 1.54) is 13.8 Å². The van der Waals surface area contributed by atoms with E-state index in [2.05, 4.69) is 20.8 Å². The SMILES string of the molecule is CC(=O)OCC1(C)C(OC(C)=O)CC[C@@]2(C)C1CC[C@@]1(C)Oc3cc(-c4ccccc4)oc(=O)c3CC21. The molecular weight excluding hydrogens is 472 g/mol. The van der Waals surface area contributed by atoms with E-state index in [1.54, 1.807) is 0 Å². The summed E-state index contributed by atoms with van der Waals surface area (Å²) in [5, 5.41) is 0. The lowest BCUT2D eigenvalue weighted by atomic mass is 9.43. The van der Waals surface area contributed by atoms with E-state index in [0.717, 1.165) is 24.8 Å². The number of hydrogen-bond donors (Lipinski definition) is 0. The van der Waals surface area contributed by atoms with Crippen molar-refractivity contribution in [1.29, 1.82) is 0 Å². The van der Waals surface area contributed by atoms with Crippen LogP contribution in [-0.4, -0.2) is 30.3 Å². The molecule has 0 amide bonds. The molecule has 5 rings (SSSR count). The Morgan fingerprint density at radius 1 is 1.00 bits per heavy atom. The molecule has 4 unspecified atom stereocenters. The van der Waals surface area contributed by atoms with Gasteiger partial charge in [0.2, 0.25) is 0 Å². The zero-order chi connectivity index (χ0) is 26.6. The molecule has 0 saturated heterocycles. The van der Waals surface area contributed by atoms with Crippen LogP contribution in [0.2, 0.25) is 0 Å². The maximum absolute atomic E-state index is 13.2. The predicted molar refractivity (Wildman–Crippen MR) is 137 cm³/mol. The molecule has 1 aromatic heterocycles. The fraction of sp³-hybridized carbons (Fsp3) is 0.567. The molecular formula is C30H36O7. The van der Waals surface area contributed by atoms with Crippen molar-refractivity contribution in [3.63, 3.8) is 0 Å². The molecule has 0 N–H and O–H groups in total. The molecule has 7 heteroatoms. The second-order valence-corrected chi connectivity index (χ2v) is 11.8. The Bertz CT molecular complexity index is 1270. The highest BCUT2D eigenvalue weighted by Crippen LogP contribution is 2.65. The molecule has 6 atom stereocenters. The highest BCUT2D eigenvalue weighted by Gasteiger charge is 2.65. The molecule has 0 spiro atoms. The molecule has 0 radical (unpaired) electrons. The molecule has 3 aliphatic rings. The minimum Gasteiger partial charge on any atom is -0.487 e. The highest BCUT2D eigenvalue weighted by molar-refractivity contribution is 5.67. The van der Waals surface area contributed by atoms with Crippen LogP contribution in [0.5, 0.6) is 5.75 Å². The van der Waals surface area contributed by atoms with Crippen LogP contribution in [0.4, 0.5) is 0 Å².